The van der Waals surface area contributed by atoms with Gasteiger partial charge in [0, 0.05) is 24.0 Å². The van der Waals surface area contributed by atoms with Crippen LogP contribution in [0.2, 0.25) is 0 Å². The molecule has 1 atom stereocenters. The first-order valence-electron chi connectivity index (χ1n) is 4.94. The molecule has 0 radical (unpaired) electrons. The van der Waals surface area contributed by atoms with Crippen molar-refractivity contribution < 1.29 is 27.1 Å². The fraction of sp³-hybridized carbons (Fsp3) is 0.455. The molecule has 0 aliphatic heterocycles. The maximum Gasteiger partial charge on any atom is 0.286 e. The summed E-state index contributed by atoms with van der Waals surface area (Å²) >= 11 is 0.659. The van der Waals surface area contributed by atoms with Gasteiger partial charge in [0.05, 0.1) is 0 Å². The second kappa shape index (κ2) is 5.88. The van der Waals surface area contributed by atoms with E-state index in [1.54, 1.807) is 0 Å². The molecule has 0 saturated carbocycles. The maximum atomic E-state index is 13.3. The molecule has 2 rings (SSSR count). The van der Waals surface area contributed by atoms with Crippen LogP contribution in [0.1, 0.15) is 17.3 Å². The third-order valence-electron chi connectivity index (χ3n) is 2.51. The first-order chi connectivity index (χ1) is 8.47. The lowest BCUT2D eigenvalue weighted by Gasteiger charge is -2.10. The average Bonchev–Trinajstić information content (AvgIpc) is 2.58. The molecule has 18 heavy (non-hydrogen) atoms. The summed E-state index contributed by atoms with van der Waals surface area (Å²) in [5.41, 5.74) is -0.733. The van der Waals surface area contributed by atoms with Crippen LogP contribution in [0.5, 0.6) is 0 Å². The third kappa shape index (κ3) is 2.61. The zero-order chi connectivity index (χ0) is 13.9. The van der Waals surface area contributed by atoms with Crippen molar-refractivity contribution in [3.05, 3.63) is 29.1 Å². The fourth-order valence-electron chi connectivity index (χ4n) is 1.80. The van der Waals surface area contributed by atoms with Crippen LogP contribution in [0.25, 0.3) is 0 Å². The molecule has 1 aliphatic rings. The number of thioether (sulfide) groups is 1. The van der Waals surface area contributed by atoms with E-state index in [1.165, 1.54) is 6.07 Å². The summed E-state index contributed by atoms with van der Waals surface area (Å²) in [4.78, 5) is 0.179. The highest BCUT2D eigenvalue weighted by Crippen LogP contribution is 2.49. The SMILES string of the molecule is CO.FCSc1ccc(F)c2c1CC(F)(F)[C@@H]2F. The second-order valence-corrected chi connectivity index (χ2v) is 4.44. The fourth-order valence-corrected chi connectivity index (χ4v) is 2.44. The van der Waals surface area contributed by atoms with Crippen molar-refractivity contribution in [3.63, 3.8) is 0 Å². The van der Waals surface area contributed by atoms with E-state index in [0.29, 0.717) is 11.8 Å². The van der Waals surface area contributed by atoms with Crippen molar-refractivity contribution in [1.82, 2.24) is 0 Å². The topological polar surface area (TPSA) is 20.2 Å². The van der Waals surface area contributed by atoms with Crippen molar-refractivity contribution in [2.45, 2.75) is 23.4 Å². The minimum absolute atomic E-state index is 0.111. The molecule has 0 bridgehead atoms. The lowest BCUT2D eigenvalue weighted by molar-refractivity contribution is -0.0611. The largest absolute Gasteiger partial charge is 0.400 e. The molecule has 1 aliphatic carbocycles. The Kier molecular flexibility index (Phi) is 4.98. The predicted molar refractivity (Wildman–Crippen MR) is 58.9 cm³/mol. The van der Waals surface area contributed by atoms with Gasteiger partial charge in [-0.15, -0.1) is 0 Å². The zero-order valence-corrected chi connectivity index (χ0v) is 10.2. The Balaban J connectivity index is 0.000000771. The van der Waals surface area contributed by atoms with E-state index in [0.717, 1.165) is 13.2 Å². The van der Waals surface area contributed by atoms with Crippen LogP contribution in [0.3, 0.4) is 0 Å². The summed E-state index contributed by atoms with van der Waals surface area (Å²) in [6, 6.07) is 1.28. The number of benzene rings is 1. The van der Waals surface area contributed by atoms with Crippen molar-refractivity contribution >= 4 is 11.8 Å². The number of aliphatic hydroxyl groups excluding tert-OH is 1. The molecule has 1 nitrogen and oxygen atoms in total. The van der Waals surface area contributed by atoms with E-state index in [2.05, 4.69) is 0 Å². The van der Waals surface area contributed by atoms with Gasteiger partial charge in [-0.1, -0.05) is 11.8 Å². The summed E-state index contributed by atoms with van der Waals surface area (Å²) < 4.78 is 64.8. The van der Waals surface area contributed by atoms with Crippen LogP contribution in [-0.4, -0.2) is 24.1 Å². The molecule has 0 amide bonds. The van der Waals surface area contributed by atoms with Crippen LogP contribution in [0.4, 0.5) is 22.0 Å². The predicted octanol–water partition coefficient (Wildman–Crippen LogP) is 3.66. The molecule has 102 valence electrons. The van der Waals surface area contributed by atoms with Crippen LogP contribution in [0.15, 0.2) is 17.0 Å². The molecule has 1 N–H and O–H groups in total. The van der Waals surface area contributed by atoms with E-state index in [4.69, 9.17) is 5.11 Å². The molecule has 0 spiro atoms. The Bertz CT molecular complexity index is 424. The first-order valence-corrected chi connectivity index (χ1v) is 5.92. The normalized spacial score (nSPS) is 20.1. The summed E-state index contributed by atoms with van der Waals surface area (Å²) in [5, 5.41) is 7.00. The molecule has 0 fully saturated rings. The molecular formula is C11H11F5OS. The molecule has 0 saturated heterocycles. The maximum absolute atomic E-state index is 13.3. The lowest BCUT2D eigenvalue weighted by atomic mass is 10.1. The highest BCUT2D eigenvalue weighted by molar-refractivity contribution is 7.99. The monoisotopic (exact) mass is 286 g/mol. The molecule has 7 heteroatoms. The number of alkyl halides is 4. The van der Waals surface area contributed by atoms with Gasteiger partial charge in [0.2, 0.25) is 0 Å². The van der Waals surface area contributed by atoms with Crippen LogP contribution >= 0.6 is 11.8 Å². The van der Waals surface area contributed by atoms with Crippen molar-refractivity contribution in [2.24, 2.45) is 0 Å². The number of halogens is 5. The Labute approximate surface area is 105 Å². The zero-order valence-electron chi connectivity index (χ0n) is 9.39. The van der Waals surface area contributed by atoms with Gasteiger partial charge < -0.3 is 5.11 Å². The Morgan fingerprint density at radius 2 is 2.00 bits per heavy atom. The summed E-state index contributed by atoms with van der Waals surface area (Å²) in [5.74, 6) is -4.60. The van der Waals surface area contributed by atoms with Gasteiger partial charge in [-0.3, -0.25) is 0 Å². The standard InChI is InChI=1S/C10H7F5S.CH4O/c11-4-16-7-2-1-6(12)8-5(7)3-10(14,15)9(8)13;1-2/h1-2,9H,3-4H2;2H,1H3/t9-;/m1./s1. The van der Waals surface area contributed by atoms with Gasteiger partial charge >= 0.3 is 0 Å². The number of hydrogen-bond donors (Lipinski definition) is 1. The minimum Gasteiger partial charge on any atom is -0.400 e. The number of rotatable bonds is 2. The van der Waals surface area contributed by atoms with Crippen LogP contribution in [0, 0.1) is 5.82 Å². The van der Waals surface area contributed by atoms with Gasteiger partial charge in [-0.2, -0.15) is 0 Å². The Morgan fingerprint density at radius 1 is 1.39 bits per heavy atom. The summed E-state index contributed by atoms with van der Waals surface area (Å²) in [7, 11) is 1.00. The first kappa shape index (κ1) is 15.2. The quantitative estimate of drug-likeness (QED) is 0.661. The van der Waals surface area contributed by atoms with Crippen molar-refractivity contribution in [2.75, 3.05) is 13.1 Å². The summed E-state index contributed by atoms with van der Waals surface area (Å²) in [6.45, 7) is 0. The Hall–Kier alpha value is -0.820. The second-order valence-electron chi connectivity index (χ2n) is 3.49. The van der Waals surface area contributed by atoms with Gasteiger partial charge in [-0.05, 0) is 17.7 Å². The number of fused-ring (bicyclic) bond motifs is 1. The molecule has 0 unspecified atom stereocenters. The van der Waals surface area contributed by atoms with Crippen molar-refractivity contribution in [3.8, 4) is 0 Å². The molecular weight excluding hydrogens is 275 g/mol. The van der Waals surface area contributed by atoms with Gasteiger partial charge in [0.25, 0.3) is 5.92 Å². The van der Waals surface area contributed by atoms with E-state index in [9.17, 15) is 22.0 Å². The van der Waals surface area contributed by atoms with Crippen molar-refractivity contribution in [1.29, 1.82) is 0 Å². The molecule has 1 aromatic rings. The van der Waals surface area contributed by atoms with E-state index < -0.39 is 35.9 Å². The minimum atomic E-state index is -3.60. The smallest absolute Gasteiger partial charge is 0.286 e. The summed E-state index contributed by atoms with van der Waals surface area (Å²) in [6.07, 6.45) is -3.51. The molecule has 0 heterocycles. The van der Waals surface area contributed by atoms with Gasteiger partial charge in [0.1, 0.15) is 11.8 Å². The van der Waals surface area contributed by atoms with Crippen LogP contribution in [-0.2, 0) is 6.42 Å². The average molecular weight is 286 g/mol. The van der Waals surface area contributed by atoms with E-state index in [1.807, 2.05) is 0 Å². The Morgan fingerprint density at radius 3 is 2.56 bits per heavy atom. The molecule has 0 aromatic heterocycles. The molecule has 1 aromatic carbocycles. The van der Waals surface area contributed by atoms with E-state index in [-0.39, 0.29) is 10.5 Å². The number of aliphatic hydroxyl groups is 1. The number of hydrogen-bond acceptors (Lipinski definition) is 2. The lowest BCUT2D eigenvalue weighted by Crippen LogP contribution is -2.18. The third-order valence-corrected chi connectivity index (χ3v) is 3.31. The van der Waals surface area contributed by atoms with Gasteiger partial charge in [0.15, 0.2) is 6.17 Å². The van der Waals surface area contributed by atoms with Crippen LogP contribution < -0.4 is 0 Å². The van der Waals surface area contributed by atoms with E-state index >= 15 is 0 Å². The highest BCUT2D eigenvalue weighted by Gasteiger charge is 2.50. The highest BCUT2D eigenvalue weighted by atomic mass is 32.2. The van der Waals surface area contributed by atoms with Gasteiger partial charge in [-0.25, -0.2) is 22.0 Å².